The topological polar surface area (TPSA) is 39.2 Å². The molecule has 0 amide bonds. The fourth-order valence-corrected chi connectivity index (χ4v) is 1.45. The van der Waals surface area contributed by atoms with Crippen molar-refractivity contribution in [1.29, 1.82) is 0 Å². The summed E-state index contributed by atoms with van der Waals surface area (Å²) in [6, 6.07) is 0. The zero-order valence-corrected chi connectivity index (χ0v) is 9.04. The summed E-state index contributed by atoms with van der Waals surface area (Å²) in [5.74, 6) is -1.29. The highest BCUT2D eigenvalue weighted by molar-refractivity contribution is 14.1. The molecule has 0 spiro atoms. The van der Waals surface area contributed by atoms with Crippen LogP contribution in [0.4, 0.5) is 4.39 Å². The lowest BCUT2D eigenvalue weighted by Gasteiger charge is -2.03. The largest absolute Gasteiger partial charge is 0.462 e. The van der Waals surface area contributed by atoms with Gasteiger partial charge >= 0.3 is 5.97 Å². The van der Waals surface area contributed by atoms with Gasteiger partial charge in [0.1, 0.15) is 5.56 Å². The molecule has 0 radical (unpaired) electrons. The Morgan fingerprint density at radius 2 is 2.38 bits per heavy atom. The zero-order chi connectivity index (χ0) is 9.84. The normalized spacial score (nSPS) is 9.77. The molecule has 0 aliphatic heterocycles. The summed E-state index contributed by atoms with van der Waals surface area (Å²) in [6.45, 7) is 1.90. The number of carbonyl (C=O) groups is 1. The van der Waals surface area contributed by atoms with E-state index in [9.17, 15) is 9.18 Å². The monoisotopic (exact) mass is 295 g/mol. The van der Waals surface area contributed by atoms with Gasteiger partial charge in [-0.15, -0.1) is 0 Å². The summed E-state index contributed by atoms with van der Waals surface area (Å²) in [5, 5.41) is 0. The summed E-state index contributed by atoms with van der Waals surface area (Å²) in [7, 11) is 0. The van der Waals surface area contributed by atoms with Crippen LogP contribution in [0.3, 0.4) is 0 Å². The molecule has 0 atom stereocenters. The Balaban J connectivity index is 3.05. The first-order valence-electron chi connectivity index (χ1n) is 3.63. The predicted octanol–water partition coefficient (Wildman–Crippen LogP) is 2.00. The average Bonchev–Trinajstić information content (AvgIpc) is 2.04. The molecule has 0 aliphatic rings. The second kappa shape index (κ2) is 4.50. The molecule has 0 fully saturated rings. The van der Waals surface area contributed by atoms with E-state index in [1.165, 1.54) is 6.20 Å². The molecule has 0 aromatic carbocycles. The number of esters is 1. The van der Waals surface area contributed by atoms with Crippen LogP contribution in [0.1, 0.15) is 17.3 Å². The first-order chi connectivity index (χ1) is 6.16. The molecule has 0 unspecified atom stereocenters. The van der Waals surface area contributed by atoms with E-state index in [4.69, 9.17) is 0 Å². The molecule has 1 rings (SSSR count). The Kier molecular flexibility index (Phi) is 3.58. The van der Waals surface area contributed by atoms with Crippen LogP contribution in [-0.2, 0) is 4.74 Å². The summed E-state index contributed by atoms with van der Waals surface area (Å²) >= 11 is 1.84. The minimum atomic E-state index is -0.648. The molecule has 5 heteroatoms. The molecule has 3 nitrogen and oxygen atoms in total. The van der Waals surface area contributed by atoms with Crippen molar-refractivity contribution in [3.05, 3.63) is 27.3 Å². The van der Waals surface area contributed by atoms with Crippen LogP contribution in [0.15, 0.2) is 12.4 Å². The van der Waals surface area contributed by atoms with Gasteiger partial charge < -0.3 is 4.74 Å². The van der Waals surface area contributed by atoms with Gasteiger partial charge in [-0.25, -0.2) is 9.18 Å². The maximum atomic E-state index is 13.1. The summed E-state index contributed by atoms with van der Waals surface area (Å²) in [5.41, 5.74) is -0.0440. The number of carbonyl (C=O) groups excluding carboxylic acids is 1. The van der Waals surface area contributed by atoms with E-state index in [0.29, 0.717) is 3.57 Å². The molecule has 1 aromatic heterocycles. The van der Waals surface area contributed by atoms with Gasteiger partial charge in [-0.1, -0.05) is 0 Å². The third kappa shape index (κ3) is 2.36. The van der Waals surface area contributed by atoms with Crippen LogP contribution >= 0.6 is 22.6 Å². The number of nitrogens with zero attached hydrogens (tertiary/aromatic N) is 1. The predicted molar refractivity (Wildman–Crippen MR) is 52.9 cm³/mol. The van der Waals surface area contributed by atoms with Crippen molar-refractivity contribution in [2.45, 2.75) is 6.92 Å². The Hall–Kier alpha value is -0.720. The quantitative estimate of drug-likeness (QED) is 0.619. The van der Waals surface area contributed by atoms with Crippen LogP contribution in [0.2, 0.25) is 0 Å². The molecule has 0 bridgehead atoms. The van der Waals surface area contributed by atoms with Crippen molar-refractivity contribution >= 4 is 28.6 Å². The van der Waals surface area contributed by atoms with Crippen molar-refractivity contribution in [1.82, 2.24) is 4.98 Å². The SMILES string of the molecule is CCOC(=O)c1c(F)cncc1I. The maximum Gasteiger partial charge on any atom is 0.342 e. The molecule has 1 aromatic rings. The minimum Gasteiger partial charge on any atom is -0.462 e. The number of aromatic nitrogens is 1. The second-order valence-corrected chi connectivity index (χ2v) is 3.36. The Morgan fingerprint density at radius 3 is 2.92 bits per heavy atom. The number of halogens is 2. The zero-order valence-electron chi connectivity index (χ0n) is 6.88. The standard InChI is InChI=1S/C8H7FINO2/c1-2-13-8(12)7-5(9)3-11-4-6(7)10/h3-4H,2H2,1H3. The highest BCUT2D eigenvalue weighted by Crippen LogP contribution is 2.15. The van der Waals surface area contributed by atoms with E-state index in [0.717, 1.165) is 6.20 Å². The average molecular weight is 295 g/mol. The van der Waals surface area contributed by atoms with Gasteiger partial charge in [-0.3, -0.25) is 4.98 Å². The molecule has 13 heavy (non-hydrogen) atoms. The molecule has 0 aliphatic carbocycles. The third-order valence-electron chi connectivity index (χ3n) is 1.33. The van der Waals surface area contributed by atoms with Crippen molar-refractivity contribution in [3.8, 4) is 0 Å². The fourth-order valence-electron chi connectivity index (χ4n) is 0.810. The van der Waals surface area contributed by atoms with E-state index in [1.54, 1.807) is 6.92 Å². The summed E-state index contributed by atoms with van der Waals surface area (Å²) in [4.78, 5) is 14.8. The molecular weight excluding hydrogens is 288 g/mol. The van der Waals surface area contributed by atoms with E-state index >= 15 is 0 Å². The smallest absolute Gasteiger partial charge is 0.342 e. The number of hydrogen-bond donors (Lipinski definition) is 0. The summed E-state index contributed by atoms with van der Waals surface area (Å²) in [6.07, 6.45) is 2.41. The van der Waals surface area contributed by atoms with Gasteiger partial charge in [-0.05, 0) is 29.5 Å². The van der Waals surface area contributed by atoms with Gasteiger partial charge in [0.15, 0.2) is 5.82 Å². The summed E-state index contributed by atoms with van der Waals surface area (Å²) < 4.78 is 18.2. The molecule has 0 N–H and O–H groups in total. The lowest BCUT2D eigenvalue weighted by Crippen LogP contribution is -2.09. The molecule has 70 valence electrons. The highest BCUT2D eigenvalue weighted by atomic mass is 127. The fraction of sp³-hybridized carbons (Fsp3) is 0.250. The molecule has 1 heterocycles. The maximum absolute atomic E-state index is 13.1. The van der Waals surface area contributed by atoms with Crippen LogP contribution in [0.25, 0.3) is 0 Å². The Bertz CT molecular complexity index is 310. The molecule has 0 saturated carbocycles. The number of pyridine rings is 1. The van der Waals surface area contributed by atoms with Crippen LogP contribution in [-0.4, -0.2) is 17.6 Å². The van der Waals surface area contributed by atoms with Gasteiger partial charge in [0.25, 0.3) is 0 Å². The van der Waals surface area contributed by atoms with Crippen LogP contribution in [0.5, 0.6) is 0 Å². The number of rotatable bonds is 2. The van der Waals surface area contributed by atoms with Crippen molar-refractivity contribution in [3.63, 3.8) is 0 Å². The van der Waals surface area contributed by atoms with Gasteiger partial charge in [0, 0.05) is 9.77 Å². The van der Waals surface area contributed by atoms with E-state index < -0.39 is 11.8 Å². The van der Waals surface area contributed by atoms with Crippen molar-refractivity contribution in [2.24, 2.45) is 0 Å². The van der Waals surface area contributed by atoms with Gasteiger partial charge in [-0.2, -0.15) is 0 Å². The van der Waals surface area contributed by atoms with Crippen LogP contribution < -0.4 is 0 Å². The third-order valence-corrected chi connectivity index (χ3v) is 2.15. The van der Waals surface area contributed by atoms with E-state index in [1.807, 2.05) is 22.6 Å². The highest BCUT2D eigenvalue weighted by Gasteiger charge is 2.16. The van der Waals surface area contributed by atoms with Crippen molar-refractivity contribution < 1.29 is 13.9 Å². The first kappa shape index (κ1) is 10.4. The lowest BCUT2D eigenvalue weighted by atomic mass is 10.2. The number of hydrogen-bond acceptors (Lipinski definition) is 3. The van der Waals surface area contributed by atoms with E-state index in [-0.39, 0.29) is 12.2 Å². The Labute approximate surface area is 88.4 Å². The molecule has 0 saturated heterocycles. The molecular formula is C8H7FINO2. The minimum absolute atomic E-state index is 0.0440. The second-order valence-electron chi connectivity index (χ2n) is 2.20. The number of ether oxygens (including phenoxy) is 1. The van der Waals surface area contributed by atoms with E-state index in [2.05, 4.69) is 9.72 Å². The lowest BCUT2D eigenvalue weighted by molar-refractivity contribution is 0.0519. The van der Waals surface area contributed by atoms with Gasteiger partial charge in [0.05, 0.1) is 12.8 Å². The van der Waals surface area contributed by atoms with Crippen molar-refractivity contribution in [2.75, 3.05) is 6.61 Å². The van der Waals surface area contributed by atoms with Crippen LogP contribution in [0, 0.1) is 9.39 Å². The first-order valence-corrected chi connectivity index (χ1v) is 4.70. The Morgan fingerprint density at radius 1 is 1.69 bits per heavy atom. The van der Waals surface area contributed by atoms with Gasteiger partial charge in [0.2, 0.25) is 0 Å².